The van der Waals surface area contributed by atoms with E-state index in [2.05, 4.69) is 48.1 Å². The molecule has 5 nitrogen and oxygen atoms in total. The van der Waals surface area contributed by atoms with Gasteiger partial charge in [-0.25, -0.2) is 14.8 Å². The standard InChI is InChI=1S/C17H21N3O2S/c1-4-22-16(21)14-9-19-17(20-15(14)18)23-10-12-5-7-13(8-6-12)11(2)3/h5-9,11H,4,10H2,1-3H3,(H2,18,19,20). The molecule has 0 aliphatic carbocycles. The van der Waals surface area contributed by atoms with Crippen molar-refractivity contribution in [2.75, 3.05) is 12.3 Å². The number of hydrogen-bond donors (Lipinski definition) is 1. The lowest BCUT2D eigenvalue weighted by Gasteiger charge is -2.07. The summed E-state index contributed by atoms with van der Waals surface area (Å²) in [5.41, 5.74) is 8.52. The highest BCUT2D eigenvalue weighted by molar-refractivity contribution is 7.98. The topological polar surface area (TPSA) is 78.1 Å². The Labute approximate surface area is 140 Å². The number of carbonyl (C=O) groups is 1. The van der Waals surface area contributed by atoms with Crippen LogP contribution in [0.1, 0.15) is 48.2 Å². The summed E-state index contributed by atoms with van der Waals surface area (Å²) in [7, 11) is 0. The van der Waals surface area contributed by atoms with E-state index in [4.69, 9.17) is 10.5 Å². The molecule has 0 atom stereocenters. The Kier molecular flexibility index (Phi) is 5.98. The van der Waals surface area contributed by atoms with Crippen LogP contribution in [0.25, 0.3) is 0 Å². The first kappa shape index (κ1) is 17.3. The molecule has 2 rings (SSSR count). The predicted octanol–water partition coefficient (Wildman–Crippen LogP) is 3.65. The van der Waals surface area contributed by atoms with E-state index in [1.165, 1.54) is 29.1 Å². The molecule has 0 amide bonds. The number of aromatic nitrogens is 2. The zero-order valence-corrected chi connectivity index (χ0v) is 14.4. The lowest BCUT2D eigenvalue weighted by Crippen LogP contribution is -2.10. The molecule has 0 spiro atoms. The molecular formula is C17H21N3O2S. The Hall–Kier alpha value is -2.08. The Morgan fingerprint density at radius 2 is 2.00 bits per heavy atom. The summed E-state index contributed by atoms with van der Waals surface area (Å²) in [5, 5.41) is 0.545. The molecular weight excluding hydrogens is 310 g/mol. The highest BCUT2D eigenvalue weighted by atomic mass is 32.2. The van der Waals surface area contributed by atoms with Crippen molar-refractivity contribution in [2.24, 2.45) is 0 Å². The zero-order chi connectivity index (χ0) is 16.8. The molecule has 2 N–H and O–H groups in total. The van der Waals surface area contributed by atoms with E-state index in [9.17, 15) is 4.79 Å². The number of esters is 1. The first-order valence-corrected chi connectivity index (χ1v) is 8.51. The van der Waals surface area contributed by atoms with Crippen molar-refractivity contribution in [1.29, 1.82) is 0 Å². The Morgan fingerprint density at radius 3 is 2.57 bits per heavy atom. The third-order valence-corrected chi connectivity index (χ3v) is 4.24. The van der Waals surface area contributed by atoms with E-state index in [0.29, 0.717) is 17.7 Å². The highest BCUT2D eigenvalue weighted by Gasteiger charge is 2.13. The van der Waals surface area contributed by atoms with Crippen LogP contribution in [0.4, 0.5) is 5.82 Å². The van der Waals surface area contributed by atoms with Gasteiger partial charge in [0.25, 0.3) is 0 Å². The average Bonchev–Trinajstić information content (AvgIpc) is 2.53. The summed E-state index contributed by atoms with van der Waals surface area (Å²) >= 11 is 1.48. The van der Waals surface area contributed by atoms with Gasteiger partial charge < -0.3 is 10.5 Å². The number of rotatable bonds is 6. The van der Waals surface area contributed by atoms with E-state index in [0.717, 1.165) is 5.75 Å². The molecule has 1 aromatic heterocycles. The van der Waals surface area contributed by atoms with E-state index >= 15 is 0 Å². The molecule has 0 aliphatic rings. The first-order valence-electron chi connectivity index (χ1n) is 7.52. The number of nitrogens with zero attached hydrogens (tertiary/aromatic N) is 2. The monoisotopic (exact) mass is 331 g/mol. The van der Waals surface area contributed by atoms with Crippen LogP contribution in [0.3, 0.4) is 0 Å². The van der Waals surface area contributed by atoms with Crippen LogP contribution in [0.15, 0.2) is 35.6 Å². The van der Waals surface area contributed by atoms with Crippen LogP contribution >= 0.6 is 11.8 Å². The van der Waals surface area contributed by atoms with Crippen LogP contribution in [-0.2, 0) is 10.5 Å². The molecule has 0 bridgehead atoms. The second-order valence-corrected chi connectivity index (χ2v) is 6.30. The maximum atomic E-state index is 11.7. The van der Waals surface area contributed by atoms with Crippen molar-refractivity contribution in [1.82, 2.24) is 9.97 Å². The Bertz CT molecular complexity index is 672. The van der Waals surface area contributed by atoms with Crippen LogP contribution < -0.4 is 5.73 Å². The normalized spacial score (nSPS) is 10.8. The zero-order valence-electron chi connectivity index (χ0n) is 13.6. The number of thioether (sulfide) groups is 1. The third-order valence-electron chi connectivity index (χ3n) is 3.31. The van der Waals surface area contributed by atoms with Crippen molar-refractivity contribution in [2.45, 2.75) is 37.6 Å². The lowest BCUT2D eigenvalue weighted by molar-refractivity contribution is 0.0526. The van der Waals surface area contributed by atoms with Gasteiger partial charge in [0.15, 0.2) is 5.16 Å². The largest absolute Gasteiger partial charge is 0.462 e. The van der Waals surface area contributed by atoms with Gasteiger partial charge in [-0.15, -0.1) is 0 Å². The van der Waals surface area contributed by atoms with Gasteiger partial charge in [-0.05, 0) is 24.0 Å². The minimum absolute atomic E-state index is 0.149. The molecule has 23 heavy (non-hydrogen) atoms. The second kappa shape index (κ2) is 7.97. The molecule has 122 valence electrons. The average molecular weight is 331 g/mol. The number of anilines is 1. The fraction of sp³-hybridized carbons (Fsp3) is 0.353. The number of hydrogen-bond acceptors (Lipinski definition) is 6. The number of ether oxygens (including phenoxy) is 1. The summed E-state index contributed by atoms with van der Waals surface area (Å²) in [5.74, 6) is 0.925. The molecule has 0 unspecified atom stereocenters. The summed E-state index contributed by atoms with van der Waals surface area (Å²) in [6.07, 6.45) is 1.42. The van der Waals surface area contributed by atoms with Crippen LogP contribution in [0.5, 0.6) is 0 Å². The van der Waals surface area contributed by atoms with Gasteiger partial charge in [-0.3, -0.25) is 0 Å². The maximum absolute atomic E-state index is 11.7. The van der Waals surface area contributed by atoms with Gasteiger partial charge in [-0.1, -0.05) is 49.9 Å². The van der Waals surface area contributed by atoms with Crippen molar-refractivity contribution >= 4 is 23.5 Å². The lowest BCUT2D eigenvalue weighted by atomic mass is 10.0. The number of nitrogen functional groups attached to an aromatic ring is 1. The third kappa shape index (κ3) is 4.69. The van der Waals surface area contributed by atoms with Gasteiger partial charge in [0.2, 0.25) is 0 Å². The minimum Gasteiger partial charge on any atom is -0.462 e. The van der Waals surface area contributed by atoms with Crippen molar-refractivity contribution in [3.8, 4) is 0 Å². The van der Waals surface area contributed by atoms with Crippen molar-refractivity contribution in [3.05, 3.63) is 47.2 Å². The van der Waals surface area contributed by atoms with Gasteiger partial charge in [0, 0.05) is 11.9 Å². The summed E-state index contributed by atoms with van der Waals surface area (Å²) in [6, 6.07) is 8.50. The van der Waals surface area contributed by atoms with E-state index in [1.807, 2.05) is 0 Å². The van der Waals surface area contributed by atoms with E-state index in [1.54, 1.807) is 6.92 Å². The van der Waals surface area contributed by atoms with Crippen LogP contribution in [-0.4, -0.2) is 22.5 Å². The fourth-order valence-corrected chi connectivity index (χ4v) is 2.74. The quantitative estimate of drug-likeness (QED) is 0.494. The molecule has 0 saturated carbocycles. The molecule has 0 fully saturated rings. The highest BCUT2D eigenvalue weighted by Crippen LogP contribution is 2.23. The molecule has 2 aromatic rings. The van der Waals surface area contributed by atoms with Gasteiger partial charge in [0.1, 0.15) is 11.4 Å². The van der Waals surface area contributed by atoms with E-state index in [-0.39, 0.29) is 11.4 Å². The van der Waals surface area contributed by atoms with Gasteiger partial charge >= 0.3 is 5.97 Å². The second-order valence-electron chi connectivity index (χ2n) is 5.36. The molecule has 1 heterocycles. The molecule has 1 aromatic carbocycles. The SMILES string of the molecule is CCOC(=O)c1cnc(SCc2ccc(C(C)C)cc2)nc1N. The Morgan fingerprint density at radius 1 is 1.30 bits per heavy atom. The van der Waals surface area contributed by atoms with Crippen LogP contribution in [0.2, 0.25) is 0 Å². The summed E-state index contributed by atoms with van der Waals surface area (Å²) in [4.78, 5) is 20.0. The number of carbonyl (C=O) groups excluding carboxylic acids is 1. The number of benzene rings is 1. The minimum atomic E-state index is -0.495. The smallest absolute Gasteiger partial charge is 0.343 e. The maximum Gasteiger partial charge on any atom is 0.343 e. The van der Waals surface area contributed by atoms with Gasteiger partial charge in [0.05, 0.1) is 6.61 Å². The van der Waals surface area contributed by atoms with E-state index < -0.39 is 5.97 Å². The molecule has 0 saturated heterocycles. The van der Waals surface area contributed by atoms with Crippen LogP contribution in [0, 0.1) is 0 Å². The fourth-order valence-electron chi connectivity index (χ4n) is 1.96. The van der Waals surface area contributed by atoms with Crippen molar-refractivity contribution < 1.29 is 9.53 Å². The van der Waals surface area contributed by atoms with Gasteiger partial charge in [-0.2, -0.15) is 0 Å². The predicted molar refractivity (Wildman–Crippen MR) is 92.5 cm³/mol. The summed E-state index contributed by atoms with van der Waals surface area (Å²) in [6.45, 7) is 6.38. The molecule has 6 heteroatoms. The Balaban J connectivity index is 2.00. The molecule has 0 radical (unpaired) electrons. The number of nitrogens with two attached hydrogens (primary N) is 1. The first-order chi connectivity index (χ1) is 11.0. The molecule has 0 aliphatic heterocycles. The van der Waals surface area contributed by atoms with Crippen molar-refractivity contribution in [3.63, 3.8) is 0 Å². The summed E-state index contributed by atoms with van der Waals surface area (Å²) < 4.78 is 4.90.